The largest absolute Gasteiger partial charge is 0.481 e. The standard InChI is InChI=1S/C63H102FN11O22Si/c1-62(2,3)98(64,63(4,5)6)42-21-19-41(20-22-42)55(87)67-37-46(68-50(78)25-24-47(60(95)96)75-35-33-73(39-53(83)84)31-29-72(38-52(81)82)30-32-74(34-36-75)40-54(85)86)56(88)69-43(57(89)90)15-11-13-27-65-48(76)17-9-7-8-10-18-49(77)66-28-14-12-16-44(58(91)92)70-61(97)71-45(59(93)94)23-26-51(79)80/h19-22,43-47H,7-18,23-40H2,1-6H3,(H,65,76)(H,66,77)(H,67,87)(H,68,78)(H,69,88)(H,79,80)(H,81,82)(H,83,84)(H,85,86)(H,89,90)(H,91,92)(H,93,94)(H,95,96)(H2,70,71,97)/t43?,44-,45-,46?,47?/m0/s1. The lowest BCUT2D eigenvalue weighted by Crippen LogP contribution is -2.58. The number of carbonyl (C=O) groups is 14. The van der Waals surface area contributed by atoms with Gasteiger partial charge in [-0.1, -0.05) is 66.5 Å². The minimum atomic E-state index is -3.74. The quantitative estimate of drug-likeness (QED) is 0.0245. The van der Waals surface area contributed by atoms with Crippen LogP contribution in [0.15, 0.2) is 24.3 Å². The first-order chi connectivity index (χ1) is 45.8. The first kappa shape index (κ1) is 85.7. The molecular formula is C63H102FN11O22Si. The van der Waals surface area contributed by atoms with Gasteiger partial charge in [-0.05, 0) is 91.6 Å². The molecule has 0 aromatic heterocycles. The van der Waals surface area contributed by atoms with Crippen molar-refractivity contribution < 1.29 is 112 Å². The predicted molar refractivity (Wildman–Crippen MR) is 353 cm³/mol. The number of carbonyl (C=O) groups excluding carboxylic acids is 6. The van der Waals surface area contributed by atoms with Crippen LogP contribution >= 0.6 is 0 Å². The molecule has 1 aromatic carbocycles. The fourth-order valence-corrected chi connectivity index (χ4v) is 16.0. The lowest BCUT2D eigenvalue weighted by molar-refractivity contribution is -0.145. The molecule has 552 valence electrons. The van der Waals surface area contributed by atoms with Crippen molar-refractivity contribution in [3.05, 3.63) is 29.8 Å². The number of carboxylic acids is 8. The fraction of sp³-hybridized carbons (Fsp3) is 0.683. The van der Waals surface area contributed by atoms with Crippen LogP contribution in [0.2, 0.25) is 10.1 Å². The second kappa shape index (κ2) is 43.1. The second-order valence-electron chi connectivity index (χ2n) is 26.3. The summed E-state index contributed by atoms with van der Waals surface area (Å²) in [6, 6.07) is -2.70. The van der Waals surface area contributed by atoms with Crippen LogP contribution in [0.1, 0.15) is 155 Å². The van der Waals surface area contributed by atoms with E-state index in [4.69, 9.17) is 5.11 Å². The third kappa shape index (κ3) is 32.8. The number of nitrogens with zero attached hydrogens (tertiary/aromatic N) is 4. The number of benzene rings is 1. The second-order valence-corrected chi connectivity index (χ2v) is 31.2. The molecule has 1 aromatic rings. The monoisotopic (exact) mass is 1410 g/mol. The average Bonchev–Trinajstić information content (AvgIpc) is 0.749. The third-order valence-corrected chi connectivity index (χ3v) is 21.8. The van der Waals surface area contributed by atoms with Gasteiger partial charge in [0, 0.05) is 103 Å². The van der Waals surface area contributed by atoms with E-state index in [2.05, 4.69) is 31.9 Å². The molecule has 0 spiro atoms. The lowest BCUT2D eigenvalue weighted by atomic mass is 10.1. The number of halogens is 1. The van der Waals surface area contributed by atoms with Crippen molar-refractivity contribution in [2.45, 2.75) is 185 Å². The topological polar surface area (TPSA) is 498 Å². The highest BCUT2D eigenvalue weighted by Crippen LogP contribution is 2.51. The Hall–Kier alpha value is -8.41. The highest BCUT2D eigenvalue weighted by atomic mass is 28.4. The molecule has 1 heterocycles. The summed E-state index contributed by atoms with van der Waals surface area (Å²) < 4.78 is 17.1. The van der Waals surface area contributed by atoms with Crippen molar-refractivity contribution in [2.24, 2.45) is 0 Å². The molecule has 7 amide bonds. The number of unbranched alkanes of at least 4 members (excludes halogenated alkanes) is 5. The molecule has 1 aliphatic rings. The van der Waals surface area contributed by atoms with Crippen molar-refractivity contribution in [2.75, 3.05) is 91.6 Å². The van der Waals surface area contributed by atoms with Gasteiger partial charge in [0.2, 0.25) is 23.6 Å². The molecule has 0 bridgehead atoms. The molecular weight excluding hydrogens is 1310 g/mol. The van der Waals surface area contributed by atoms with E-state index < -0.39 is 172 Å². The van der Waals surface area contributed by atoms with Crippen LogP contribution in [-0.4, -0.2) is 274 Å². The molecule has 0 saturated carbocycles. The highest BCUT2D eigenvalue weighted by molar-refractivity contribution is 6.90. The Morgan fingerprint density at radius 3 is 1.22 bits per heavy atom. The Balaban J connectivity index is 2.09. The molecule has 15 N–H and O–H groups in total. The van der Waals surface area contributed by atoms with Crippen LogP contribution < -0.4 is 42.4 Å². The first-order valence-electron chi connectivity index (χ1n) is 32.8. The van der Waals surface area contributed by atoms with Crippen molar-refractivity contribution in [3.63, 3.8) is 0 Å². The highest BCUT2D eigenvalue weighted by Gasteiger charge is 2.56. The van der Waals surface area contributed by atoms with Gasteiger partial charge in [0.1, 0.15) is 30.2 Å². The summed E-state index contributed by atoms with van der Waals surface area (Å²) in [5, 5.41) is 93.3. The summed E-state index contributed by atoms with van der Waals surface area (Å²) in [6.07, 6.45) is 1.63. The molecule has 98 heavy (non-hydrogen) atoms. The summed E-state index contributed by atoms with van der Waals surface area (Å²) >= 11 is 0. The van der Waals surface area contributed by atoms with Crippen LogP contribution in [0.4, 0.5) is 8.90 Å². The smallest absolute Gasteiger partial charge is 0.326 e. The molecule has 35 heteroatoms. The molecule has 5 atom stereocenters. The zero-order valence-corrected chi connectivity index (χ0v) is 57.9. The van der Waals surface area contributed by atoms with Gasteiger partial charge in [-0.3, -0.25) is 67.5 Å². The first-order valence-corrected chi connectivity index (χ1v) is 34.7. The Kier molecular flexibility index (Phi) is 37.7. The Labute approximate surface area is 569 Å². The number of hydrogen-bond donors (Lipinski definition) is 15. The minimum absolute atomic E-state index is 0.0299. The van der Waals surface area contributed by atoms with E-state index >= 15 is 4.11 Å². The molecule has 2 rings (SSSR count). The van der Waals surface area contributed by atoms with E-state index in [0.29, 0.717) is 37.3 Å². The van der Waals surface area contributed by atoms with Gasteiger partial charge >= 0.3 is 53.8 Å². The van der Waals surface area contributed by atoms with E-state index in [0.717, 1.165) is 0 Å². The maximum absolute atomic E-state index is 17.1. The fourth-order valence-electron chi connectivity index (χ4n) is 11.4. The molecule has 0 radical (unpaired) electrons. The third-order valence-electron chi connectivity index (χ3n) is 16.6. The van der Waals surface area contributed by atoms with Crippen LogP contribution in [0.5, 0.6) is 0 Å². The Morgan fingerprint density at radius 2 is 0.837 bits per heavy atom. The normalized spacial score (nSPS) is 15.6. The Morgan fingerprint density at radius 1 is 0.429 bits per heavy atom. The van der Waals surface area contributed by atoms with E-state index in [1.165, 1.54) is 43.9 Å². The summed E-state index contributed by atoms with van der Waals surface area (Å²) in [4.78, 5) is 180. The Bertz CT molecular complexity index is 2820. The van der Waals surface area contributed by atoms with Gasteiger partial charge in [0.25, 0.3) is 14.3 Å². The number of urea groups is 1. The zero-order chi connectivity index (χ0) is 73.9. The van der Waals surface area contributed by atoms with Crippen LogP contribution in [-0.2, 0) is 57.5 Å². The SMILES string of the molecule is CC(C)(C)[Si](F)(c1ccc(C(=O)NCC(NC(=O)CCC(C(=O)O)N2CCN(CC(=O)O)CCN(CC(=O)O)CCN(CC(=O)O)CC2)C(=O)NC(CCCCNC(=O)CCCCCCC(=O)NCCCC[C@H](NC(=O)N[C@@H](CCC(=O)O)C(=O)O)C(=O)O)C(=O)O)cc1)C(C)(C)C. The van der Waals surface area contributed by atoms with E-state index in [9.17, 15) is 103 Å². The number of rotatable bonds is 43. The predicted octanol–water partition coefficient (Wildman–Crippen LogP) is 0.886. The van der Waals surface area contributed by atoms with Crippen LogP contribution in [0.25, 0.3) is 0 Å². The van der Waals surface area contributed by atoms with E-state index in [1.54, 1.807) is 0 Å². The van der Waals surface area contributed by atoms with E-state index in [1.807, 2.05) is 46.9 Å². The number of hydrogen-bond acceptors (Lipinski definition) is 18. The summed E-state index contributed by atoms with van der Waals surface area (Å²) in [7, 11) is -3.74. The number of amides is 7. The summed E-state index contributed by atoms with van der Waals surface area (Å²) in [5.74, 6) is -13.7. The van der Waals surface area contributed by atoms with Crippen molar-refractivity contribution in [1.82, 2.24) is 56.8 Å². The lowest BCUT2D eigenvalue weighted by Gasteiger charge is -2.44. The van der Waals surface area contributed by atoms with Crippen molar-refractivity contribution in [3.8, 4) is 0 Å². The summed E-state index contributed by atoms with van der Waals surface area (Å²) in [5.41, 5.74) is 0.0719. The molecule has 1 fully saturated rings. The van der Waals surface area contributed by atoms with Gasteiger partial charge < -0.3 is 82.2 Å². The number of carboxylic acid groups (broad SMARTS) is 8. The molecule has 3 unspecified atom stereocenters. The zero-order valence-electron chi connectivity index (χ0n) is 56.9. The number of aliphatic carboxylic acids is 8. The van der Waals surface area contributed by atoms with E-state index in [-0.39, 0.29) is 128 Å². The van der Waals surface area contributed by atoms with Gasteiger partial charge in [-0.25, -0.2) is 19.2 Å². The average molecular weight is 1410 g/mol. The van der Waals surface area contributed by atoms with Crippen LogP contribution in [0.3, 0.4) is 0 Å². The van der Waals surface area contributed by atoms with Gasteiger partial charge in [0.15, 0.2) is 0 Å². The maximum atomic E-state index is 17.1. The molecule has 1 aliphatic heterocycles. The minimum Gasteiger partial charge on any atom is -0.481 e. The maximum Gasteiger partial charge on any atom is 0.326 e. The van der Waals surface area contributed by atoms with Crippen molar-refractivity contribution in [1.29, 1.82) is 0 Å². The molecule has 0 aliphatic carbocycles. The van der Waals surface area contributed by atoms with Gasteiger partial charge in [0.05, 0.1) is 19.6 Å². The summed E-state index contributed by atoms with van der Waals surface area (Å²) in [6.45, 7) is 9.34. The van der Waals surface area contributed by atoms with Crippen LogP contribution in [0, 0.1) is 0 Å². The molecule has 1 saturated heterocycles. The van der Waals surface area contributed by atoms with Gasteiger partial charge in [-0.15, -0.1) is 0 Å². The van der Waals surface area contributed by atoms with Crippen molar-refractivity contribution >= 4 is 96.9 Å². The van der Waals surface area contributed by atoms with Gasteiger partial charge in [-0.2, -0.15) is 0 Å². The number of nitrogens with one attached hydrogen (secondary N) is 7. The molecule has 33 nitrogen and oxygen atoms in total.